The third kappa shape index (κ3) is 3.95. The predicted molar refractivity (Wildman–Crippen MR) is 146 cm³/mol. The summed E-state index contributed by atoms with van der Waals surface area (Å²) in [5.41, 5.74) is 11.3. The average Bonchev–Trinajstić information content (AvgIpc) is 3.55. The Balaban J connectivity index is 1.26. The number of fused-ring (bicyclic) bond motifs is 2. The fourth-order valence-electron chi connectivity index (χ4n) is 6.14. The largest absolute Gasteiger partial charge is 0.389 e. The zero-order valence-corrected chi connectivity index (χ0v) is 20.7. The van der Waals surface area contributed by atoms with Crippen LogP contribution in [0, 0.1) is 0 Å². The molecule has 5 aromatic rings. The van der Waals surface area contributed by atoms with Crippen molar-refractivity contribution in [2.45, 2.75) is 37.2 Å². The number of β-amino-alcohol motifs (C(OH)–C–C–N with tert-alkyl or cyclic N) is 1. The van der Waals surface area contributed by atoms with Gasteiger partial charge in [-0.05, 0) is 50.9 Å². The number of benzene rings is 2. The smallest absolute Gasteiger partial charge is 0.150 e. The first-order valence-electron chi connectivity index (χ1n) is 13.1. The van der Waals surface area contributed by atoms with Crippen molar-refractivity contribution < 1.29 is 5.11 Å². The van der Waals surface area contributed by atoms with Crippen LogP contribution in [0.25, 0.3) is 38.9 Å². The maximum Gasteiger partial charge on any atom is 0.150 e. The molecule has 2 fully saturated rings. The second-order valence-corrected chi connectivity index (χ2v) is 10.6. The second kappa shape index (κ2) is 8.64. The molecule has 0 bridgehead atoms. The van der Waals surface area contributed by atoms with Gasteiger partial charge in [-0.25, -0.2) is 15.0 Å². The molecular formula is C30H30N6O. The van der Waals surface area contributed by atoms with E-state index >= 15 is 0 Å². The Labute approximate surface area is 215 Å². The highest BCUT2D eigenvalue weighted by molar-refractivity contribution is 5.91. The summed E-state index contributed by atoms with van der Waals surface area (Å²) in [7, 11) is 0. The number of anilines is 1. The van der Waals surface area contributed by atoms with Gasteiger partial charge in [-0.1, -0.05) is 48.5 Å². The molecule has 0 spiro atoms. The molecule has 1 saturated carbocycles. The Morgan fingerprint density at radius 3 is 2.54 bits per heavy atom. The zero-order chi connectivity index (χ0) is 25.0. The lowest BCUT2D eigenvalue weighted by Crippen LogP contribution is -2.51. The summed E-state index contributed by atoms with van der Waals surface area (Å²) in [6, 6.07) is 20.6. The predicted octanol–water partition coefficient (Wildman–Crippen LogP) is 4.90. The molecular weight excluding hydrogens is 460 g/mol. The van der Waals surface area contributed by atoms with Crippen LogP contribution in [0.1, 0.15) is 37.4 Å². The fourth-order valence-corrected chi connectivity index (χ4v) is 6.14. The van der Waals surface area contributed by atoms with E-state index in [2.05, 4.69) is 56.7 Å². The lowest BCUT2D eigenvalue weighted by Gasteiger charge is -2.45. The van der Waals surface area contributed by atoms with E-state index in [0.717, 1.165) is 64.4 Å². The van der Waals surface area contributed by atoms with Crippen molar-refractivity contribution in [2.75, 3.05) is 25.4 Å². The zero-order valence-electron chi connectivity index (χ0n) is 20.7. The van der Waals surface area contributed by atoms with Crippen LogP contribution in [0.15, 0.2) is 73.1 Å². The third-order valence-corrected chi connectivity index (χ3v) is 7.98. The normalized spacial score (nSPS) is 22.0. The van der Waals surface area contributed by atoms with Gasteiger partial charge in [0.2, 0.25) is 0 Å². The molecule has 7 nitrogen and oxygen atoms in total. The van der Waals surface area contributed by atoms with Gasteiger partial charge >= 0.3 is 0 Å². The quantitative estimate of drug-likeness (QED) is 0.364. The molecule has 3 N–H and O–H groups in total. The minimum Gasteiger partial charge on any atom is -0.389 e. The molecule has 1 aliphatic heterocycles. The maximum absolute atomic E-state index is 11.2. The number of nitrogens with two attached hydrogens (primary N) is 1. The Bertz CT molecular complexity index is 1600. The molecule has 3 aromatic heterocycles. The van der Waals surface area contributed by atoms with E-state index in [1.807, 2.05) is 24.4 Å². The topological polar surface area (TPSA) is 92.6 Å². The number of hydrogen-bond acceptors (Lipinski definition) is 6. The number of imidazole rings is 1. The van der Waals surface area contributed by atoms with E-state index in [1.54, 1.807) is 6.20 Å². The Kier molecular flexibility index (Phi) is 5.23. The molecule has 0 unspecified atom stereocenters. The maximum atomic E-state index is 11.2. The minimum atomic E-state index is -0.639. The van der Waals surface area contributed by atoms with Gasteiger partial charge in [-0.15, -0.1) is 0 Å². The van der Waals surface area contributed by atoms with Crippen molar-refractivity contribution in [3.8, 4) is 22.5 Å². The highest BCUT2D eigenvalue weighted by Gasteiger charge is 2.46. The van der Waals surface area contributed by atoms with E-state index in [4.69, 9.17) is 15.7 Å². The Morgan fingerprint density at radius 2 is 1.73 bits per heavy atom. The summed E-state index contributed by atoms with van der Waals surface area (Å²) in [4.78, 5) is 16.8. The summed E-state index contributed by atoms with van der Waals surface area (Å²) in [5, 5.41) is 12.2. The molecule has 0 radical (unpaired) electrons. The van der Waals surface area contributed by atoms with Crippen molar-refractivity contribution in [2.24, 2.45) is 0 Å². The first kappa shape index (κ1) is 22.4. The van der Waals surface area contributed by atoms with E-state index in [1.165, 1.54) is 12.8 Å². The van der Waals surface area contributed by atoms with E-state index in [9.17, 15) is 5.11 Å². The summed E-state index contributed by atoms with van der Waals surface area (Å²) < 4.78 is 2.07. The summed E-state index contributed by atoms with van der Waals surface area (Å²) >= 11 is 0. The van der Waals surface area contributed by atoms with Crippen LogP contribution >= 0.6 is 0 Å². The number of nitrogens with zero attached hydrogens (tertiary/aromatic N) is 5. The molecule has 7 rings (SSSR count). The molecule has 186 valence electrons. The number of rotatable bonds is 5. The fraction of sp³-hybridized carbons (Fsp3) is 0.300. The van der Waals surface area contributed by atoms with Gasteiger partial charge in [0, 0.05) is 41.4 Å². The highest BCUT2D eigenvalue weighted by Crippen LogP contribution is 2.46. The number of hydrogen-bond donors (Lipinski definition) is 2. The van der Waals surface area contributed by atoms with E-state index in [0.29, 0.717) is 18.7 Å². The molecule has 2 aliphatic rings. The standard InChI is InChI=1S/C30H30N6O/c31-28-27-26(22-9-8-21-10-11-24(33-25(21)16-22)20-6-2-1-3-7-20)34-29(36(27)15-12-32-28)23-17-30(37,18-23)19-35-13-4-5-14-35/h1-3,6-12,15-16,23,37H,4-5,13-14,17-19H2,(H2,31,32)/t23-,30+. The third-order valence-electron chi connectivity index (χ3n) is 7.98. The van der Waals surface area contributed by atoms with E-state index < -0.39 is 5.60 Å². The number of pyridine rings is 1. The van der Waals surface area contributed by atoms with Crippen LogP contribution in [0.3, 0.4) is 0 Å². The van der Waals surface area contributed by atoms with Crippen molar-refractivity contribution in [1.29, 1.82) is 0 Å². The van der Waals surface area contributed by atoms with Gasteiger partial charge in [0.1, 0.15) is 22.9 Å². The number of aromatic nitrogens is 4. The van der Waals surface area contributed by atoms with Gasteiger partial charge < -0.3 is 15.7 Å². The number of likely N-dealkylation sites (tertiary alicyclic amines) is 1. The monoisotopic (exact) mass is 490 g/mol. The molecule has 0 amide bonds. The average molecular weight is 491 g/mol. The van der Waals surface area contributed by atoms with Gasteiger partial charge in [0.15, 0.2) is 0 Å². The molecule has 2 aromatic carbocycles. The van der Waals surface area contributed by atoms with Crippen molar-refractivity contribution in [1.82, 2.24) is 24.3 Å². The lowest BCUT2D eigenvalue weighted by atomic mass is 9.70. The number of aliphatic hydroxyl groups is 1. The molecule has 7 heteroatoms. The molecule has 4 heterocycles. The van der Waals surface area contributed by atoms with Crippen molar-refractivity contribution in [3.63, 3.8) is 0 Å². The SMILES string of the molecule is Nc1nccn2c1c(-c1ccc3ccc(-c4ccccc4)nc3c1)nc2[C@H]1C[C@](O)(CN2CCCC2)C1. The summed E-state index contributed by atoms with van der Waals surface area (Å²) in [5.74, 6) is 1.57. The van der Waals surface area contributed by atoms with Crippen LogP contribution < -0.4 is 5.73 Å². The van der Waals surface area contributed by atoms with Crippen molar-refractivity contribution in [3.05, 3.63) is 78.9 Å². The summed E-state index contributed by atoms with van der Waals surface area (Å²) in [6.45, 7) is 2.94. The minimum absolute atomic E-state index is 0.180. The molecule has 37 heavy (non-hydrogen) atoms. The van der Waals surface area contributed by atoms with Gasteiger partial charge in [-0.3, -0.25) is 4.40 Å². The van der Waals surface area contributed by atoms with E-state index in [-0.39, 0.29) is 5.92 Å². The lowest BCUT2D eigenvalue weighted by molar-refractivity contribution is -0.0704. The Morgan fingerprint density at radius 1 is 0.946 bits per heavy atom. The van der Waals surface area contributed by atoms with Gasteiger partial charge in [0.25, 0.3) is 0 Å². The highest BCUT2D eigenvalue weighted by atomic mass is 16.3. The van der Waals surface area contributed by atoms with Crippen LogP contribution in [0.5, 0.6) is 0 Å². The van der Waals surface area contributed by atoms with Crippen molar-refractivity contribution >= 4 is 22.2 Å². The number of nitrogen functional groups attached to an aromatic ring is 1. The molecule has 1 aliphatic carbocycles. The van der Waals surface area contributed by atoms with Gasteiger partial charge in [0.05, 0.1) is 16.8 Å². The molecule has 0 atom stereocenters. The van der Waals surface area contributed by atoms with Crippen LogP contribution in [0.2, 0.25) is 0 Å². The Hall–Kier alpha value is -3.81. The van der Waals surface area contributed by atoms with Gasteiger partial charge in [-0.2, -0.15) is 0 Å². The van der Waals surface area contributed by atoms with Crippen LogP contribution in [-0.2, 0) is 0 Å². The first-order valence-corrected chi connectivity index (χ1v) is 13.1. The second-order valence-electron chi connectivity index (χ2n) is 10.6. The summed E-state index contributed by atoms with van der Waals surface area (Å²) in [6.07, 6.45) is 7.54. The van der Waals surface area contributed by atoms with Crippen LogP contribution in [0.4, 0.5) is 5.82 Å². The molecule has 1 saturated heterocycles. The van der Waals surface area contributed by atoms with Crippen LogP contribution in [-0.4, -0.2) is 54.6 Å². The first-order chi connectivity index (χ1) is 18.1.